The summed E-state index contributed by atoms with van der Waals surface area (Å²) in [6.07, 6.45) is 0. The molecule has 0 unspecified atom stereocenters. The topological polar surface area (TPSA) is 101 Å². The van der Waals surface area contributed by atoms with E-state index in [9.17, 15) is 10.1 Å². The molecule has 7 nitrogen and oxygen atoms in total. The molecular formula is C19H13ClN4O3. The van der Waals surface area contributed by atoms with Crippen LogP contribution < -0.4 is 10.2 Å². The van der Waals surface area contributed by atoms with Gasteiger partial charge in [0.2, 0.25) is 11.5 Å². The van der Waals surface area contributed by atoms with Crippen LogP contribution in [0.1, 0.15) is 10.5 Å². The molecule has 8 heteroatoms. The predicted octanol–water partition coefficient (Wildman–Crippen LogP) is 4.18. The first-order chi connectivity index (χ1) is 13.1. The number of nitriles is 1. The molecule has 0 amide bonds. The average molecular weight is 381 g/mol. The van der Waals surface area contributed by atoms with Crippen molar-refractivity contribution in [2.24, 2.45) is 5.10 Å². The van der Waals surface area contributed by atoms with Gasteiger partial charge in [0.25, 0.3) is 0 Å². The summed E-state index contributed by atoms with van der Waals surface area (Å²) in [6, 6.07) is 17.0. The van der Waals surface area contributed by atoms with Crippen LogP contribution in [0.15, 0.2) is 64.2 Å². The zero-order valence-corrected chi connectivity index (χ0v) is 14.9. The first-order valence-electron chi connectivity index (χ1n) is 7.76. The Balaban J connectivity index is 1.78. The van der Waals surface area contributed by atoms with E-state index in [2.05, 4.69) is 15.7 Å². The van der Waals surface area contributed by atoms with Crippen LogP contribution in [0.2, 0.25) is 5.02 Å². The average Bonchev–Trinajstić information content (AvgIpc) is 3.18. The number of anilines is 1. The minimum absolute atomic E-state index is 0.0194. The Kier molecular flexibility index (Phi) is 5.50. The number of halogens is 1. The molecule has 0 aliphatic heterocycles. The number of hydrazone groups is 1. The van der Waals surface area contributed by atoms with E-state index in [4.69, 9.17) is 20.9 Å². The Morgan fingerprint density at radius 3 is 2.70 bits per heavy atom. The summed E-state index contributed by atoms with van der Waals surface area (Å²) in [7, 11) is 1.57. The van der Waals surface area contributed by atoms with Gasteiger partial charge in [-0.05, 0) is 42.5 Å². The number of hydrogen-bond acceptors (Lipinski definition) is 7. The number of methoxy groups -OCH3 is 1. The van der Waals surface area contributed by atoms with Crippen molar-refractivity contribution >= 4 is 28.8 Å². The molecule has 0 atom stereocenters. The largest absolute Gasteiger partial charge is 0.497 e. The lowest BCUT2D eigenvalue weighted by Crippen LogP contribution is -2.14. The van der Waals surface area contributed by atoms with E-state index in [1.165, 1.54) is 6.07 Å². The zero-order chi connectivity index (χ0) is 19.2. The second kappa shape index (κ2) is 8.17. The number of rotatable bonds is 6. The van der Waals surface area contributed by atoms with E-state index in [1.54, 1.807) is 61.7 Å². The zero-order valence-electron chi connectivity index (χ0n) is 14.1. The molecule has 134 valence electrons. The lowest BCUT2D eigenvalue weighted by Gasteiger charge is -2.00. The Bertz CT molecular complexity index is 1040. The highest BCUT2D eigenvalue weighted by Gasteiger charge is 2.19. The van der Waals surface area contributed by atoms with Gasteiger partial charge in [0.1, 0.15) is 11.8 Å². The number of carbonyl (C=O) groups is 1. The third kappa shape index (κ3) is 4.32. The lowest BCUT2D eigenvalue weighted by atomic mass is 10.1. The molecule has 2 aromatic carbocycles. The SMILES string of the molecule is COc1ccc(-c2cc(C(=O)C(C#N)=NNc3cccc(Cl)c3)no2)cc1. The second-order valence-corrected chi connectivity index (χ2v) is 5.76. The molecule has 3 rings (SSSR count). The summed E-state index contributed by atoms with van der Waals surface area (Å²) < 4.78 is 10.3. The van der Waals surface area contributed by atoms with Gasteiger partial charge >= 0.3 is 0 Å². The van der Waals surface area contributed by atoms with E-state index in [-0.39, 0.29) is 11.4 Å². The maximum atomic E-state index is 12.4. The predicted molar refractivity (Wildman–Crippen MR) is 101 cm³/mol. The minimum Gasteiger partial charge on any atom is -0.497 e. The Labute approximate surface area is 159 Å². The van der Waals surface area contributed by atoms with E-state index in [1.807, 2.05) is 0 Å². The fraction of sp³-hybridized carbons (Fsp3) is 0.0526. The molecule has 0 radical (unpaired) electrons. The van der Waals surface area contributed by atoms with E-state index < -0.39 is 5.78 Å². The summed E-state index contributed by atoms with van der Waals surface area (Å²) in [6.45, 7) is 0. The van der Waals surface area contributed by atoms with Crippen molar-refractivity contribution < 1.29 is 14.1 Å². The van der Waals surface area contributed by atoms with Gasteiger partial charge in [0.05, 0.1) is 12.8 Å². The summed E-state index contributed by atoms with van der Waals surface area (Å²) >= 11 is 5.88. The van der Waals surface area contributed by atoms with Crippen LogP contribution >= 0.6 is 11.6 Å². The molecule has 0 bridgehead atoms. The maximum Gasteiger partial charge on any atom is 0.245 e. The van der Waals surface area contributed by atoms with Crippen LogP contribution in [0.4, 0.5) is 5.69 Å². The molecule has 3 aromatic rings. The van der Waals surface area contributed by atoms with Gasteiger partial charge in [-0.1, -0.05) is 22.8 Å². The summed E-state index contributed by atoms with van der Waals surface area (Å²) in [5, 5.41) is 17.3. The highest BCUT2D eigenvalue weighted by atomic mass is 35.5. The summed E-state index contributed by atoms with van der Waals surface area (Å²) in [5.41, 5.74) is 3.51. The normalized spacial score (nSPS) is 10.9. The number of Topliss-reactive ketones (excluding diaryl/α,β-unsaturated/α-hetero) is 1. The number of ether oxygens (including phenoxy) is 1. The van der Waals surface area contributed by atoms with Crippen LogP contribution in [0.3, 0.4) is 0 Å². The number of hydrogen-bond donors (Lipinski definition) is 1. The van der Waals surface area contributed by atoms with Crippen LogP contribution in [0.5, 0.6) is 5.75 Å². The number of nitrogens with zero attached hydrogens (tertiary/aromatic N) is 3. The van der Waals surface area contributed by atoms with Gasteiger partial charge in [-0.2, -0.15) is 10.4 Å². The second-order valence-electron chi connectivity index (χ2n) is 5.33. The first-order valence-corrected chi connectivity index (χ1v) is 8.13. The van der Waals surface area contributed by atoms with E-state index in [0.29, 0.717) is 22.2 Å². The van der Waals surface area contributed by atoms with E-state index in [0.717, 1.165) is 5.56 Å². The van der Waals surface area contributed by atoms with Crippen molar-refractivity contribution in [3.05, 3.63) is 65.3 Å². The van der Waals surface area contributed by atoms with Gasteiger partial charge < -0.3 is 9.26 Å². The minimum atomic E-state index is -0.657. The number of ketones is 1. The third-order valence-electron chi connectivity index (χ3n) is 3.56. The fourth-order valence-electron chi connectivity index (χ4n) is 2.20. The third-order valence-corrected chi connectivity index (χ3v) is 3.79. The van der Waals surface area contributed by atoms with Crippen molar-refractivity contribution in [1.29, 1.82) is 5.26 Å². The van der Waals surface area contributed by atoms with E-state index >= 15 is 0 Å². The van der Waals surface area contributed by atoms with Gasteiger partial charge in [-0.25, -0.2) is 0 Å². The molecule has 0 aliphatic rings. The van der Waals surface area contributed by atoms with Gasteiger partial charge in [-0.3, -0.25) is 10.2 Å². The van der Waals surface area contributed by atoms with Crippen molar-refractivity contribution in [2.45, 2.75) is 0 Å². The maximum absolute atomic E-state index is 12.4. The Hall–Kier alpha value is -3.63. The molecule has 0 spiro atoms. The lowest BCUT2D eigenvalue weighted by molar-refractivity contribution is 0.105. The molecule has 0 fully saturated rings. The summed E-state index contributed by atoms with van der Waals surface area (Å²) in [5.74, 6) is 0.428. The molecule has 1 N–H and O–H groups in total. The van der Waals surface area contributed by atoms with Crippen molar-refractivity contribution in [3.63, 3.8) is 0 Å². The number of nitrogens with one attached hydrogen (secondary N) is 1. The van der Waals surface area contributed by atoms with Gasteiger partial charge in [-0.15, -0.1) is 0 Å². The molecular weight excluding hydrogens is 368 g/mol. The molecule has 27 heavy (non-hydrogen) atoms. The van der Waals surface area contributed by atoms with Crippen LogP contribution in [-0.4, -0.2) is 23.8 Å². The van der Waals surface area contributed by atoms with Crippen molar-refractivity contribution in [2.75, 3.05) is 12.5 Å². The van der Waals surface area contributed by atoms with Crippen LogP contribution in [0.25, 0.3) is 11.3 Å². The van der Waals surface area contributed by atoms with Crippen molar-refractivity contribution in [1.82, 2.24) is 5.16 Å². The number of aromatic nitrogens is 1. The number of carbonyl (C=O) groups excluding carboxylic acids is 1. The monoisotopic (exact) mass is 380 g/mol. The first kappa shape index (κ1) is 18.2. The molecule has 1 heterocycles. The summed E-state index contributed by atoms with van der Waals surface area (Å²) in [4.78, 5) is 12.4. The fourth-order valence-corrected chi connectivity index (χ4v) is 2.39. The van der Waals surface area contributed by atoms with Crippen molar-refractivity contribution in [3.8, 4) is 23.1 Å². The van der Waals surface area contributed by atoms with Crippen LogP contribution in [-0.2, 0) is 0 Å². The Morgan fingerprint density at radius 1 is 1.26 bits per heavy atom. The van der Waals surface area contributed by atoms with Crippen LogP contribution in [0, 0.1) is 11.3 Å². The molecule has 1 aromatic heterocycles. The highest BCUT2D eigenvalue weighted by Crippen LogP contribution is 2.23. The smallest absolute Gasteiger partial charge is 0.245 e. The standard InChI is InChI=1S/C19H13ClN4O3/c1-26-15-7-5-12(6-8-15)18-10-16(24-27-18)19(25)17(11-21)23-22-14-4-2-3-13(20)9-14/h2-10,22H,1H3. The Morgan fingerprint density at radius 2 is 2.04 bits per heavy atom. The highest BCUT2D eigenvalue weighted by molar-refractivity contribution is 6.51. The van der Waals surface area contributed by atoms with Gasteiger partial charge in [0, 0.05) is 16.7 Å². The number of benzene rings is 2. The molecule has 0 saturated heterocycles. The molecule has 0 saturated carbocycles. The van der Waals surface area contributed by atoms with Gasteiger partial charge in [0.15, 0.2) is 11.5 Å². The molecule has 0 aliphatic carbocycles. The quantitative estimate of drug-likeness (QED) is 0.391.